The standard InChI is InChI=1S/C25H33ClN4O2S/c1-16-9-11-29(12-10-16)19(31)14-30-20(32)15-33-22(17-7-6-8-18(26)13-17)21-23(25(2,3)4)27-28(5)24(21)30/h6-8,13,16,22H,9-12,14-15H2,1-5H3. The molecular weight excluding hydrogens is 456 g/mol. The van der Waals surface area contributed by atoms with E-state index in [0.29, 0.717) is 16.7 Å². The SMILES string of the molecule is CC1CCN(C(=O)CN2C(=O)CSC(c3cccc(Cl)c3)c3c(C(C)(C)C)nn(C)c32)CC1. The van der Waals surface area contributed by atoms with Gasteiger partial charge in [0.1, 0.15) is 12.4 Å². The number of benzene rings is 1. The van der Waals surface area contributed by atoms with Gasteiger partial charge in [0.05, 0.1) is 16.7 Å². The van der Waals surface area contributed by atoms with E-state index in [4.69, 9.17) is 16.7 Å². The van der Waals surface area contributed by atoms with Crippen molar-refractivity contribution in [2.75, 3.05) is 30.3 Å². The molecule has 0 bridgehead atoms. The van der Waals surface area contributed by atoms with E-state index in [-0.39, 0.29) is 29.0 Å². The van der Waals surface area contributed by atoms with Crippen molar-refractivity contribution in [1.82, 2.24) is 14.7 Å². The molecule has 2 aliphatic heterocycles. The van der Waals surface area contributed by atoms with Crippen LogP contribution in [0.1, 0.15) is 62.6 Å². The van der Waals surface area contributed by atoms with E-state index in [0.717, 1.165) is 48.6 Å². The van der Waals surface area contributed by atoms with Crippen LogP contribution in [0.4, 0.5) is 5.82 Å². The zero-order chi connectivity index (χ0) is 23.9. The second-order valence-electron chi connectivity index (χ2n) is 10.2. The van der Waals surface area contributed by atoms with Gasteiger partial charge in [-0.3, -0.25) is 19.2 Å². The summed E-state index contributed by atoms with van der Waals surface area (Å²) < 4.78 is 1.78. The molecule has 33 heavy (non-hydrogen) atoms. The van der Waals surface area contributed by atoms with E-state index in [1.807, 2.05) is 36.2 Å². The molecule has 1 aromatic carbocycles. The van der Waals surface area contributed by atoms with Gasteiger partial charge in [-0.25, -0.2) is 0 Å². The Hall–Kier alpha value is -1.99. The van der Waals surface area contributed by atoms with Crippen molar-refractivity contribution in [3.05, 3.63) is 46.1 Å². The Morgan fingerprint density at radius 2 is 1.94 bits per heavy atom. The zero-order valence-electron chi connectivity index (χ0n) is 20.1. The van der Waals surface area contributed by atoms with E-state index >= 15 is 0 Å². The third-order valence-electron chi connectivity index (χ3n) is 6.54. The second-order valence-corrected chi connectivity index (χ2v) is 11.8. The van der Waals surface area contributed by atoms with Gasteiger partial charge in [-0.2, -0.15) is 5.10 Å². The van der Waals surface area contributed by atoms with E-state index in [2.05, 4.69) is 27.7 Å². The number of nitrogens with zero attached hydrogens (tertiary/aromatic N) is 4. The van der Waals surface area contributed by atoms with Crippen LogP contribution in [0.2, 0.25) is 5.02 Å². The minimum atomic E-state index is -0.227. The molecule has 1 fully saturated rings. The van der Waals surface area contributed by atoms with E-state index in [1.54, 1.807) is 21.3 Å². The number of hydrogen-bond donors (Lipinski definition) is 0. The van der Waals surface area contributed by atoms with Crippen molar-refractivity contribution in [3.63, 3.8) is 0 Å². The monoisotopic (exact) mass is 488 g/mol. The fourth-order valence-electron chi connectivity index (χ4n) is 4.67. The summed E-state index contributed by atoms with van der Waals surface area (Å²) in [5.41, 5.74) is 2.76. The molecule has 2 aromatic rings. The van der Waals surface area contributed by atoms with Crippen LogP contribution < -0.4 is 4.90 Å². The summed E-state index contributed by atoms with van der Waals surface area (Å²) >= 11 is 7.91. The molecule has 0 aliphatic carbocycles. The molecule has 2 amide bonds. The van der Waals surface area contributed by atoms with Crippen molar-refractivity contribution in [2.45, 2.75) is 51.2 Å². The highest BCUT2D eigenvalue weighted by Crippen LogP contribution is 2.47. The largest absolute Gasteiger partial charge is 0.341 e. The normalized spacial score (nSPS) is 20.1. The third-order valence-corrected chi connectivity index (χ3v) is 8.03. The Kier molecular flexibility index (Phi) is 6.83. The fourth-order valence-corrected chi connectivity index (χ4v) is 6.06. The van der Waals surface area contributed by atoms with E-state index in [1.165, 1.54) is 0 Å². The molecule has 4 rings (SSSR count). The van der Waals surface area contributed by atoms with Crippen LogP contribution >= 0.6 is 23.4 Å². The van der Waals surface area contributed by atoms with Gasteiger partial charge < -0.3 is 4.90 Å². The Morgan fingerprint density at radius 3 is 2.58 bits per heavy atom. The van der Waals surface area contributed by atoms with Gasteiger partial charge in [-0.1, -0.05) is 51.4 Å². The van der Waals surface area contributed by atoms with Gasteiger partial charge in [-0.05, 0) is 36.5 Å². The minimum absolute atomic E-state index is 0.00548. The number of amides is 2. The molecule has 0 spiro atoms. The number of aromatic nitrogens is 2. The summed E-state index contributed by atoms with van der Waals surface area (Å²) in [4.78, 5) is 30.2. The lowest BCUT2D eigenvalue weighted by Crippen LogP contribution is -2.46. The van der Waals surface area contributed by atoms with Crippen LogP contribution in [0.3, 0.4) is 0 Å². The highest BCUT2D eigenvalue weighted by Gasteiger charge is 2.39. The first-order valence-electron chi connectivity index (χ1n) is 11.6. The highest BCUT2D eigenvalue weighted by molar-refractivity contribution is 8.00. The molecule has 1 saturated heterocycles. The maximum Gasteiger partial charge on any atom is 0.242 e. The number of thioether (sulfide) groups is 1. The van der Waals surface area contributed by atoms with Crippen LogP contribution in [0, 0.1) is 5.92 Å². The van der Waals surface area contributed by atoms with Crippen LogP contribution in [0.5, 0.6) is 0 Å². The summed E-state index contributed by atoms with van der Waals surface area (Å²) in [7, 11) is 1.87. The number of carbonyl (C=O) groups excluding carboxylic acids is 2. The molecule has 1 atom stereocenters. The van der Waals surface area contributed by atoms with Gasteiger partial charge >= 0.3 is 0 Å². The lowest BCUT2D eigenvalue weighted by molar-refractivity contribution is -0.132. The van der Waals surface area contributed by atoms with Crippen molar-refractivity contribution < 1.29 is 9.59 Å². The first kappa shape index (κ1) is 24.1. The summed E-state index contributed by atoms with van der Waals surface area (Å²) in [6.07, 6.45) is 2.02. The number of anilines is 1. The van der Waals surface area contributed by atoms with Crippen molar-refractivity contribution >= 4 is 41.0 Å². The quantitative estimate of drug-likeness (QED) is 0.622. The summed E-state index contributed by atoms with van der Waals surface area (Å²) in [5.74, 6) is 1.60. The number of likely N-dealkylation sites (tertiary alicyclic amines) is 1. The Labute approximate surface area is 205 Å². The number of hydrogen-bond acceptors (Lipinski definition) is 4. The summed E-state index contributed by atoms with van der Waals surface area (Å²) in [6, 6.07) is 7.81. The maximum absolute atomic E-state index is 13.4. The van der Waals surface area contributed by atoms with Gasteiger partial charge in [-0.15, -0.1) is 11.8 Å². The number of halogens is 1. The van der Waals surface area contributed by atoms with Gasteiger partial charge in [0.15, 0.2) is 0 Å². The topological polar surface area (TPSA) is 58.4 Å². The molecule has 8 heteroatoms. The summed E-state index contributed by atoms with van der Waals surface area (Å²) in [5, 5.41) is 5.44. The lowest BCUT2D eigenvalue weighted by Gasteiger charge is -2.32. The van der Waals surface area contributed by atoms with E-state index < -0.39 is 0 Å². The third kappa shape index (κ3) is 4.94. The molecule has 0 N–H and O–H groups in total. The number of rotatable bonds is 3. The summed E-state index contributed by atoms with van der Waals surface area (Å²) in [6.45, 7) is 10.2. The zero-order valence-corrected chi connectivity index (χ0v) is 21.7. The Morgan fingerprint density at radius 1 is 1.24 bits per heavy atom. The first-order valence-corrected chi connectivity index (χ1v) is 13.0. The van der Waals surface area contributed by atoms with Crippen LogP contribution in [0.15, 0.2) is 24.3 Å². The molecule has 1 unspecified atom stereocenters. The van der Waals surface area contributed by atoms with Gasteiger partial charge in [0.25, 0.3) is 0 Å². The Balaban J connectivity index is 1.78. The van der Waals surface area contributed by atoms with Crippen molar-refractivity contribution in [2.24, 2.45) is 13.0 Å². The molecule has 0 saturated carbocycles. The highest BCUT2D eigenvalue weighted by atomic mass is 35.5. The molecule has 178 valence electrons. The predicted molar refractivity (Wildman–Crippen MR) is 135 cm³/mol. The average Bonchev–Trinajstić information content (AvgIpc) is 3.02. The van der Waals surface area contributed by atoms with Crippen LogP contribution in [-0.2, 0) is 22.1 Å². The lowest BCUT2D eigenvalue weighted by atomic mass is 9.87. The predicted octanol–water partition coefficient (Wildman–Crippen LogP) is 4.80. The fraction of sp³-hybridized carbons (Fsp3) is 0.560. The number of fused-ring (bicyclic) bond motifs is 1. The van der Waals surface area contributed by atoms with Gasteiger partial charge in [0, 0.05) is 36.1 Å². The Bertz CT molecular complexity index is 1050. The maximum atomic E-state index is 13.4. The molecular formula is C25H33ClN4O2S. The molecule has 0 radical (unpaired) electrons. The van der Waals surface area contributed by atoms with E-state index in [9.17, 15) is 9.59 Å². The molecule has 3 heterocycles. The van der Waals surface area contributed by atoms with Crippen LogP contribution in [-0.4, -0.2) is 51.9 Å². The smallest absolute Gasteiger partial charge is 0.242 e. The van der Waals surface area contributed by atoms with Crippen molar-refractivity contribution in [1.29, 1.82) is 0 Å². The first-order chi connectivity index (χ1) is 15.6. The number of piperidine rings is 1. The molecule has 6 nitrogen and oxygen atoms in total. The second kappa shape index (κ2) is 9.34. The van der Waals surface area contributed by atoms with Crippen molar-refractivity contribution in [3.8, 4) is 0 Å². The molecule has 2 aliphatic rings. The average molecular weight is 489 g/mol. The van der Waals surface area contributed by atoms with Gasteiger partial charge in [0.2, 0.25) is 11.8 Å². The molecule has 1 aromatic heterocycles. The number of aryl methyl sites for hydroxylation is 1. The minimum Gasteiger partial charge on any atom is -0.341 e. The van der Waals surface area contributed by atoms with Crippen LogP contribution in [0.25, 0.3) is 0 Å². The number of carbonyl (C=O) groups is 2.